The molecule has 3 aromatic carbocycles. The van der Waals surface area contributed by atoms with Crippen molar-refractivity contribution < 1.29 is 18.0 Å². The van der Waals surface area contributed by atoms with Crippen molar-refractivity contribution in [2.24, 2.45) is 0 Å². The third-order valence-corrected chi connectivity index (χ3v) is 7.31. The lowest BCUT2D eigenvalue weighted by atomic mass is 10.0. The Morgan fingerprint density at radius 3 is 2.39 bits per heavy atom. The van der Waals surface area contributed by atoms with Crippen LogP contribution >= 0.6 is 0 Å². The maximum Gasteiger partial charge on any atom is 0.416 e. The summed E-state index contributed by atoms with van der Waals surface area (Å²) in [5, 5.41) is 4.34. The first kappa shape index (κ1) is 28.1. The summed E-state index contributed by atoms with van der Waals surface area (Å²) in [7, 11) is 2.00. The summed E-state index contributed by atoms with van der Waals surface area (Å²) >= 11 is 0. The predicted molar refractivity (Wildman–Crippen MR) is 155 cm³/mol. The van der Waals surface area contributed by atoms with Gasteiger partial charge in [-0.1, -0.05) is 42.2 Å². The topological polar surface area (TPSA) is 74.5 Å². The van der Waals surface area contributed by atoms with Gasteiger partial charge in [0.25, 0.3) is 5.91 Å². The highest BCUT2D eigenvalue weighted by atomic mass is 19.4. The Morgan fingerprint density at radius 1 is 0.976 bits per heavy atom. The number of pyridine rings is 1. The molecule has 1 aliphatic heterocycles. The molecular formula is C32H30F3N5O. The standard InChI is InChI=1S/C32H30F3N5O/c1-21-17-23(9-7-22(21)8-10-24-19-37-30(36)28-6-4-3-5-27(24)28)31(41)38-26-12-11-25(29(18-26)32(33,34)35)20-40-15-13-39(2)14-16-40/h3-7,9,11-12,17-19H,13-16,20H2,1-2H3,(H2,36,37)(H,38,41). The summed E-state index contributed by atoms with van der Waals surface area (Å²) in [5.41, 5.74) is 8.06. The maximum absolute atomic E-state index is 13.9. The molecule has 41 heavy (non-hydrogen) atoms. The number of nitrogens with zero attached hydrogens (tertiary/aromatic N) is 3. The van der Waals surface area contributed by atoms with E-state index in [1.165, 1.54) is 12.1 Å². The number of hydrogen-bond donors (Lipinski definition) is 2. The minimum absolute atomic E-state index is 0.0914. The molecule has 0 bridgehead atoms. The molecule has 4 aromatic rings. The van der Waals surface area contributed by atoms with Gasteiger partial charge in [0.2, 0.25) is 0 Å². The number of rotatable bonds is 4. The molecule has 6 nitrogen and oxygen atoms in total. The zero-order valence-corrected chi connectivity index (χ0v) is 22.8. The Bertz CT molecular complexity index is 1660. The van der Waals surface area contributed by atoms with E-state index in [0.717, 1.165) is 46.6 Å². The zero-order valence-electron chi connectivity index (χ0n) is 22.8. The first-order valence-corrected chi connectivity index (χ1v) is 13.3. The molecular weight excluding hydrogens is 527 g/mol. The molecule has 3 N–H and O–H groups in total. The van der Waals surface area contributed by atoms with Crippen LogP contribution in [-0.4, -0.2) is 53.9 Å². The number of fused-ring (bicyclic) bond motifs is 1. The highest BCUT2D eigenvalue weighted by Gasteiger charge is 2.34. The normalized spacial score (nSPS) is 14.5. The number of likely N-dealkylation sites (N-methyl/N-ethyl adjacent to an activating group) is 1. The van der Waals surface area contributed by atoms with Gasteiger partial charge >= 0.3 is 6.18 Å². The summed E-state index contributed by atoms with van der Waals surface area (Å²) in [6, 6.07) is 16.6. The van der Waals surface area contributed by atoms with Crippen molar-refractivity contribution in [2.45, 2.75) is 19.6 Å². The molecule has 0 unspecified atom stereocenters. The molecule has 0 radical (unpaired) electrons. The van der Waals surface area contributed by atoms with Crippen molar-refractivity contribution in [3.63, 3.8) is 0 Å². The number of aryl methyl sites for hydroxylation is 1. The largest absolute Gasteiger partial charge is 0.416 e. The van der Waals surface area contributed by atoms with Crippen molar-refractivity contribution >= 4 is 28.2 Å². The highest BCUT2D eigenvalue weighted by Crippen LogP contribution is 2.35. The van der Waals surface area contributed by atoms with E-state index in [4.69, 9.17) is 5.73 Å². The molecule has 2 heterocycles. The number of aromatic nitrogens is 1. The maximum atomic E-state index is 13.9. The number of carbonyl (C=O) groups is 1. The third kappa shape index (κ3) is 6.51. The van der Waals surface area contributed by atoms with Crippen molar-refractivity contribution in [1.82, 2.24) is 14.8 Å². The number of alkyl halides is 3. The Balaban J connectivity index is 1.33. The summed E-state index contributed by atoms with van der Waals surface area (Å²) in [5.74, 6) is 6.20. The quantitative estimate of drug-likeness (QED) is 0.322. The fourth-order valence-electron chi connectivity index (χ4n) is 4.90. The average Bonchev–Trinajstić information content (AvgIpc) is 2.95. The van der Waals surface area contributed by atoms with E-state index >= 15 is 0 Å². The van der Waals surface area contributed by atoms with Crippen molar-refractivity contribution in [2.75, 3.05) is 44.3 Å². The molecule has 0 aliphatic carbocycles. The Labute approximate surface area is 237 Å². The van der Waals surface area contributed by atoms with Gasteiger partial charge in [-0.05, 0) is 55.4 Å². The lowest BCUT2D eigenvalue weighted by Gasteiger charge is -2.33. The van der Waals surface area contributed by atoms with Gasteiger partial charge in [-0.15, -0.1) is 0 Å². The number of halogens is 3. The van der Waals surface area contributed by atoms with Crippen LogP contribution in [0.3, 0.4) is 0 Å². The van der Waals surface area contributed by atoms with Gasteiger partial charge in [0, 0.05) is 66.5 Å². The summed E-state index contributed by atoms with van der Waals surface area (Å²) in [6.45, 7) is 5.08. The van der Waals surface area contributed by atoms with Crippen molar-refractivity contribution in [3.8, 4) is 11.8 Å². The number of benzene rings is 3. The van der Waals surface area contributed by atoms with Crippen molar-refractivity contribution in [3.05, 3.63) is 100 Å². The summed E-state index contributed by atoms with van der Waals surface area (Å²) < 4.78 is 41.8. The van der Waals surface area contributed by atoms with Gasteiger partial charge in [-0.2, -0.15) is 13.2 Å². The molecule has 1 fully saturated rings. The fraction of sp³-hybridized carbons (Fsp3) is 0.250. The number of nitrogens with one attached hydrogen (secondary N) is 1. The minimum Gasteiger partial charge on any atom is -0.383 e. The van der Waals surface area contributed by atoms with E-state index < -0.39 is 17.6 Å². The Kier molecular flexibility index (Phi) is 7.97. The van der Waals surface area contributed by atoms with Crippen LogP contribution in [0.5, 0.6) is 0 Å². The SMILES string of the molecule is Cc1cc(C(=O)Nc2ccc(CN3CCN(C)CC3)c(C(F)(F)F)c2)ccc1C#Cc1cnc(N)c2ccccc12. The van der Waals surface area contributed by atoms with E-state index in [1.54, 1.807) is 24.4 Å². The van der Waals surface area contributed by atoms with E-state index in [1.807, 2.05) is 43.1 Å². The molecule has 9 heteroatoms. The van der Waals surface area contributed by atoms with Crippen LogP contribution in [-0.2, 0) is 12.7 Å². The van der Waals surface area contributed by atoms with Gasteiger partial charge in [-0.25, -0.2) is 4.98 Å². The second-order valence-corrected chi connectivity index (χ2v) is 10.3. The first-order chi connectivity index (χ1) is 19.6. The van der Waals surface area contributed by atoms with Crippen LogP contribution in [0.2, 0.25) is 0 Å². The third-order valence-electron chi connectivity index (χ3n) is 7.31. The minimum atomic E-state index is -4.54. The molecule has 210 valence electrons. The van der Waals surface area contributed by atoms with Gasteiger partial charge in [0.05, 0.1) is 11.1 Å². The highest BCUT2D eigenvalue weighted by molar-refractivity contribution is 6.04. The van der Waals surface area contributed by atoms with Crippen LogP contribution in [0.15, 0.2) is 66.9 Å². The number of nitrogen functional groups attached to an aromatic ring is 1. The number of amides is 1. The number of hydrogen-bond acceptors (Lipinski definition) is 5. The molecule has 1 saturated heterocycles. The van der Waals surface area contributed by atoms with Crippen LogP contribution in [0.1, 0.15) is 38.2 Å². The monoisotopic (exact) mass is 557 g/mol. The number of anilines is 2. The summed E-state index contributed by atoms with van der Waals surface area (Å²) in [4.78, 5) is 21.4. The number of nitrogens with two attached hydrogens (primary N) is 1. The molecule has 1 aliphatic rings. The van der Waals surface area contributed by atoms with Crippen molar-refractivity contribution in [1.29, 1.82) is 0 Å². The second-order valence-electron chi connectivity index (χ2n) is 10.3. The Morgan fingerprint density at radius 2 is 1.68 bits per heavy atom. The van der Waals surface area contributed by atoms with Crippen LogP contribution in [0.4, 0.5) is 24.7 Å². The lowest BCUT2D eigenvalue weighted by molar-refractivity contribution is -0.138. The van der Waals surface area contributed by atoms with Gasteiger partial charge in [-0.3, -0.25) is 9.69 Å². The number of piperazine rings is 1. The molecule has 0 atom stereocenters. The first-order valence-electron chi connectivity index (χ1n) is 13.3. The molecule has 5 rings (SSSR count). The average molecular weight is 558 g/mol. The predicted octanol–water partition coefficient (Wildman–Crippen LogP) is 5.54. The molecule has 1 aromatic heterocycles. The van der Waals surface area contributed by atoms with Gasteiger partial charge in [0.1, 0.15) is 5.82 Å². The molecule has 1 amide bonds. The number of carbonyl (C=O) groups excluding carboxylic acids is 1. The van der Waals surface area contributed by atoms with Crippen LogP contribution < -0.4 is 11.1 Å². The van der Waals surface area contributed by atoms with Crippen LogP contribution in [0.25, 0.3) is 10.8 Å². The second kappa shape index (κ2) is 11.6. The zero-order chi connectivity index (χ0) is 29.1. The van der Waals surface area contributed by atoms with E-state index in [0.29, 0.717) is 24.5 Å². The van der Waals surface area contributed by atoms with E-state index in [9.17, 15) is 18.0 Å². The summed E-state index contributed by atoms with van der Waals surface area (Å²) in [6.07, 6.45) is -2.90. The van der Waals surface area contributed by atoms with Gasteiger partial charge < -0.3 is 16.0 Å². The van der Waals surface area contributed by atoms with Crippen LogP contribution in [0, 0.1) is 18.8 Å². The fourth-order valence-corrected chi connectivity index (χ4v) is 4.90. The molecule has 0 spiro atoms. The lowest BCUT2D eigenvalue weighted by Crippen LogP contribution is -2.44. The Hall–Kier alpha value is -4.39. The van der Waals surface area contributed by atoms with E-state index in [-0.39, 0.29) is 17.8 Å². The van der Waals surface area contributed by atoms with Gasteiger partial charge in [0.15, 0.2) is 0 Å². The van der Waals surface area contributed by atoms with E-state index in [2.05, 4.69) is 27.0 Å². The molecule has 0 saturated carbocycles. The smallest absolute Gasteiger partial charge is 0.383 e.